The van der Waals surface area contributed by atoms with Crippen LogP contribution in [0.4, 0.5) is 4.39 Å². The van der Waals surface area contributed by atoms with E-state index >= 15 is 0 Å². The molecule has 0 spiro atoms. The number of H-pyrrole nitrogens is 1. The van der Waals surface area contributed by atoms with Crippen LogP contribution in [0.2, 0.25) is 0 Å². The Morgan fingerprint density at radius 3 is 2.62 bits per heavy atom. The molecule has 138 valence electrons. The zero-order valence-corrected chi connectivity index (χ0v) is 14.4. The molecule has 0 unspecified atom stereocenters. The van der Waals surface area contributed by atoms with Gasteiger partial charge in [0, 0.05) is 31.0 Å². The summed E-state index contributed by atoms with van der Waals surface area (Å²) in [5, 5.41) is 6.28. The van der Waals surface area contributed by atoms with Gasteiger partial charge in [-0.05, 0) is 42.5 Å². The van der Waals surface area contributed by atoms with Crippen molar-refractivity contribution in [2.24, 2.45) is 0 Å². The number of halogens is 1. The molecule has 0 saturated heterocycles. The SMILES string of the molecule is O=C(CCC(=O)NC1CCCC1)NCc1cc2ccc(F)cc2[nH]c1=O. The number of benzene rings is 1. The van der Waals surface area contributed by atoms with Gasteiger partial charge in [0.15, 0.2) is 0 Å². The minimum atomic E-state index is -0.426. The molecule has 1 aromatic carbocycles. The number of carbonyl (C=O) groups is 2. The quantitative estimate of drug-likeness (QED) is 0.738. The predicted molar refractivity (Wildman–Crippen MR) is 96.0 cm³/mol. The number of aromatic nitrogens is 1. The molecule has 3 rings (SSSR count). The van der Waals surface area contributed by atoms with Crippen LogP contribution in [0.15, 0.2) is 29.1 Å². The lowest BCUT2D eigenvalue weighted by Gasteiger charge is -2.11. The van der Waals surface area contributed by atoms with E-state index in [0.717, 1.165) is 25.7 Å². The van der Waals surface area contributed by atoms with E-state index in [1.165, 1.54) is 12.1 Å². The molecule has 0 aliphatic heterocycles. The first kappa shape index (κ1) is 18.1. The highest BCUT2D eigenvalue weighted by molar-refractivity contribution is 5.84. The van der Waals surface area contributed by atoms with Gasteiger partial charge in [0.1, 0.15) is 5.82 Å². The number of pyridine rings is 1. The van der Waals surface area contributed by atoms with Gasteiger partial charge >= 0.3 is 0 Å². The van der Waals surface area contributed by atoms with E-state index in [1.54, 1.807) is 12.1 Å². The summed E-state index contributed by atoms with van der Waals surface area (Å²) in [5.41, 5.74) is 0.420. The van der Waals surface area contributed by atoms with E-state index < -0.39 is 5.82 Å². The first-order valence-electron chi connectivity index (χ1n) is 8.89. The minimum absolute atomic E-state index is 0.0612. The monoisotopic (exact) mass is 359 g/mol. The molecular weight excluding hydrogens is 337 g/mol. The highest BCUT2D eigenvalue weighted by atomic mass is 19.1. The molecule has 2 amide bonds. The number of rotatable bonds is 6. The van der Waals surface area contributed by atoms with Crippen molar-refractivity contribution < 1.29 is 14.0 Å². The predicted octanol–water partition coefficient (Wildman–Crippen LogP) is 2.12. The summed E-state index contributed by atoms with van der Waals surface area (Å²) in [6.07, 6.45) is 4.50. The van der Waals surface area contributed by atoms with Crippen molar-refractivity contribution in [3.05, 3.63) is 46.0 Å². The van der Waals surface area contributed by atoms with Gasteiger partial charge in [0.05, 0.1) is 5.52 Å². The Morgan fingerprint density at radius 1 is 1.12 bits per heavy atom. The number of nitrogens with one attached hydrogen (secondary N) is 3. The molecular formula is C19H22FN3O3. The van der Waals surface area contributed by atoms with Gasteiger partial charge in [-0.3, -0.25) is 14.4 Å². The van der Waals surface area contributed by atoms with Crippen LogP contribution in [0.3, 0.4) is 0 Å². The highest BCUT2D eigenvalue weighted by Gasteiger charge is 2.17. The summed E-state index contributed by atoms with van der Waals surface area (Å²) < 4.78 is 13.2. The standard InChI is InChI=1S/C19H22FN3O3/c20-14-6-5-12-9-13(19(26)23-16(12)10-14)11-21-17(24)7-8-18(25)22-15-3-1-2-4-15/h5-6,9-10,15H,1-4,7-8,11H2,(H,21,24)(H,22,25)(H,23,26). The molecule has 0 radical (unpaired) electrons. The average molecular weight is 359 g/mol. The summed E-state index contributed by atoms with van der Waals surface area (Å²) >= 11 is 0. The fourth-order valence-electron chi connectivity index (χ4n) is 3.23. The Labute approximate surface area is 150 Å². The van der Waals surface area contributed by atoms with Crippen LogP contribution in [-0.4, -0.2) is 22.8 Å². The normalized spacial score (nSPS) is 14.5. The molecule has 1 saturated carbocycles. The van der Waals surface area contributed by atoms with Crippen LogP contribution in [0.25, 0.3) is 10.9 Å². The van der Waals surface area contributed by atoms with Crippen LogP contribution < -0.4 is 16.2 Å². The first-order valence-corrected chi connectivity index (χ1v) is 8.89. The van der Waals surface area contributed by atoms with Crippen LogP contribution in [-0.2, 0) is 16.1 Å². The number of amides is 2. The number of carbonyl (C=O) groups excluding carboxylic acids is 2. The maximum absolute atomic E-state index is 13.2. The van der Waals surface area contributed by atoms with Gasteiger partial charge in [-0.25, -0.2) is 4.39 Å². The molecule has 1 aliphatic rings. The second-order valence-electron chi connectivity index (χ2n) is 6.68. The molecule has 0 atom stereocenters. The third-order valence-corrected chi connectivity index (χ3v) is 4.66. The van der Waals surface area contributed by atoms with Gasteiger partial charge in [0.25, 0.3) is 5.56 Å². The minimum Gasteiger partial charge on any atom is -0.353 e. The first-order chi connectivity index (χ1) is 12.5. The zero-order chi connectivity index (χ0) is 18.5. The van der Waals surface area contributed by atoms with Gasteiger partial charge < -0.3 is 15.6 Å². The van der Waals surface area contributed by atoms with Gasteiger partial charge in [-0.1, -0.05) is 12.8 Å². The molecule has 3 N–H and O–H groups in total. The average Bonchev–Trinajstić information content (AvgIpc) is 3.11. The maximum Gasteiger partial charge on any atom is 0.253 e. The summed E-state index contributed by atoms with van der Waals surface area (Å²) in [6, 6.07) is 6.00. The summed E-state index contributed by atoms with van der Waals surface area (Å²) in [7, 11) is 0. The number of fused-ring (bicyclic) bond motifs is 1. The van der Waals surface area contributed by atoms with Crippen molar-refractivity contribution in [3.8, 4) is 0 Å². The lowest BCUT2D eigenvalue weighted by atomic mass is 10.1. The van der Waals surface area contributed by atoms with E-state index in [0.29, 0.717) is 16.5 Å². The molecule has 26 heavy (non-hydrogen) atoms. The smallest absolute Gasteiger partial charge is 0.253 e. The van der Waals surface area contributed by atoms with Crippen molar-refractivity contribution >= 4 is 22.7 Å². The second-order valence-corrected chi connectivity index (χ2v) is 6.68. The van der Waals surface area contributed by atoms with Crippen molar-refractivity contribution in [2.45, 2.75) is 51.1 Å². The molecule has 1 fully saturated rings. The van der Waals surface area contributed by atoms with Crippen molar-refractivity contribution in [1.82, 2.24) is 15.6 Å². The van der Waals surface area contributed by atoms with Crippen molar-refractivity contribution in [3.63, 3.8) is 0 Å². The van der Waals surface area contributed by atoms with Crippen molar-refractivity contribution in [2.75, 3.05) is 0 Å². The summed E-state index contributed by atoms with van der Waals surface area (Å²) in [4.78, 5) is 38.4. The Kier molecular flexibility index (Phi) is 5.65. The van der Waals surface area contributed by atoms with E-state index in [-0.39, 0.29) is 42.8 Å². The number of hydrogen-bond acceptors (Lipinski definition) is 3. The fourth-order valence-corrected chi connectivity index (χ4v) is 3.23. The van der Waals surface area contributed by atoms with Gasteiger partial charge in [-0.15, -0.1) is 0 Å². The van der Waals surface area contributed by atoms with Crippen LogP contribution in [0, 0.1) is 5.82 Å². The Balaban J connectivity index is 1.50. The van der Waals surface area contributed by atoms with E-state index in [1.807, 2.05) is 0 Å². The number of aromatic amines is 1. The molecule has 0 bridgehead atoms. The topological polar surface area (TPSA) is 91.1 Å². The largest absolute Gasteiger partial charge is 0.353 e. The molecule has 1 heterocycles. The lowest BCUT2D eigenvalue weighted by Crippen LogP contribution is -2.34. The second kappa shape index (κ2) is 8.12. The summed E-state index contributed by atoms with van der Waals surface area (Å²) in [5.74, 6) is -0.826. The molecule has 1 aromatic heterocycles. The van der Waals surface area contributed by atoms with Gasteiger partial charge in [-0.2, -0.15) is 0 Å². The number of hydrogen-bond donors (Lipinski definition) is 3. The van der Waals surface area contributed by atoms with E-state index in [4.69, 9.17) is 0 Å². The molecule has 2 aromatic rings. The van der Waals surface area contributed by atoms with E-state index in [9.17, 15) is 18.8 Å². The van der Waals surface area contributed by atoms with Crippen LogP contribution >= 0.6 is 0 Å². The van der Waals surface area contributed by atoms with E-state index in [2.05, 4.69) is 15.6 Å². The third-order valence-electron chi connectivity index (χ3n) is 4.66. The molecule has 7 heteroatoms. The van der Waals surface area contributed by atoms with Crippen LogP contribution in [0.5, 0.6) is 0 Å². The highest BCUT2D eigenvalue weighted by Crippen LogP contribution is 2.17. The van der Waals surface area contributed by atoms with Gasteiger partial charge in [0.2, 0.25) is 11.8 Å². The summed E-state index contributed by atoms with van der Waals surface area (Å²) in [6.45, 7) is 0.0612. The Hall–Kier alpha value is -2.70. The fraction of sp³-hybridized carbons (Fsp3) is 0.421. The lowest BCUT2D eigenvalue weighted by molar-refractivity contribution is -0.126. The van der Waals surface area contributed by atoms with Crippen LogP contribution in [0.1, 0.15) is 44.1 Å². The Bertz CT molecular complexity index is 872. The molecule has 1 aliphatic carbocycles. The van der Waals surface area contributed by atoms with Crippen molar-refractivity contribution in [1.29, 1.82) is 0 Å². The maximum atomic E-state index is 13.2. The Morgan fingerprint density at radius 2 is 1.85 bits per heavy atom. The molecule has 6 nitrogen and oxygen atoms in total. The third kappa shape index (κ3) is 4.68. The zero-order valence-electron chi connectivity index (χ0n) is 14.4.